The summed E-state index contributed by atoms with van der Waals surface area (Å²) in [7, 11) is 1.54. The molecule has 0 saturated carbocycles. The lowest BCUT2D eigenvalue weighted by molar-refractivity contribution is 0.548. The van der Waals surface area contributed by atoms with E-state index in [1.807, 2.05) is 0 Å². The topological polar surface area (TPSA) is 62.7 Å². The highest BCUT2D eigenvalue weighted by atomic mass is 35.5. The summed E-state index contributed by atoms with van der Waals surface area (Å²) >= 11 is 5.61. The monoisotopic (exact) mass is 289 g/mol. The molecule has 1 aromatic carbocycles. The Morgan fingerprint density at radius 1 is 1.00 bits per heavy atom. The zero-order valence-electron chi connectivity index (χ0n) is 9.51. The van der Waals surface area contributed by atoms with Gasteiger partial charge in [-0.2, -0.15) is 15.0 Å². The lowest BCUT2D eigenvalue weighted by atomic mass is 10.3. The normalized spacial score (nSPS) is 10.4. The third-order valence-corrected chi connectivity index (χ3v) is 2.24. The second-order valence-electron chi connectivity index (χ2n) is 3.37. The third-order valence-electron chi connectivity index (χ3n) is 2.08. The third kappa shape index (κ3) is 3.02. The Bertz CT molecular complexity index is 599. The number of benzene rings is 1. The van der Waals surface area contributed by atoms with Crippen LogP contribution < -0.4 is 10.6 Å². The summed E-state index contributed by atoms with van der Waals surface area (Å²) in [6.07, 6.45) is 0. The van der Waals surface area contributed by atoms with Crippen molar-refractivity contribution in [3.8, 4) is 0 Å². The highest BCUT2D eigenvalue weighted by Gasteiger charge is 2.13. The van der Waals surface area contributed by atoms with Crippen LogP contribution in [0.4, 0.5) is 30.8 Å². The quantitative estimate of drug-likeness (QED) is 0.910. The average Bonchev–Trinajstić information content (AvgIpc) is 2.33. The van der Waals surface area contributed by atoms with Crippen LogP contribution in [0, 0.1) is 17.5 Å². The van der Waals surface area contributed by atoms with Crippen molar-refractivity contribution in [2.45, 2.75) is 0 Å². The van der Waals surface area contributed by atoms with E-state index in [-0.39, 0.29) is 17.2 Å². The van der Waals surface area contributed by atoms with Crippen LogP contribution in [-0.4, -0.2) is 22.0 Å². The van der Waals surface area contributed by atoms with E-state index >= 15 is 0 Å². The van der Waals surface area contributed by atoms with Crippen LogP contribution in [-0.2, 0) is 0 Å². The second-order valence-corrected chi connectivity index (χ2v) is 3.71. The van der Waals surface area contributed by atoms with Crippen LogP contribution in [0.3, 0.4) is 0 Å². The molecule has 0 aliphatic rings. The van der Waals surface area contributed by atoms with E-state index in [2.05, 4.69) is 25.6 Å². The minimum absolute atomic E-state index is 0.116. The van der Waals surface area contributed by atoms with Gasteiger partial charge in [0.1, 0.15) is 11.5 Å². The van der Waals surface area contributed by atoms with Crippen molar-refractivity contribution in [2.24, 2.45) is 0 Å². The van der Waals surface area contributed by atoms with Gasteiger partial charge in [0.2, 0.25) is 17.2 Å². The molecule has 2 N–H and O–H groups in total. The van der Waals surface area contributed by atoms with E-state index in [9.17, 15) is 13.2 Å². The van der Waals surface area contributed by atoms with Crippen LogP contribution in [0.1, 0.15) is 0 Å². The lowest BCUT2D eigenvalue weighted by Crippen LogP contribution is -2.06. The number of rotatable bonds is 3. The summed E-state index contributed by atoms with van der Waals surface area (Å²) in [5.41, 5.74) is -0.578. The number of nitrogens with one attached hydrogen (secondary N) is 2. The molecule has 5 nitrogen and oxygen atoms in total. The molecule has 1 heterocycles. The molecule has 0 radical (unpaired) electrons. The highest BCUT2D eigenvalue weighted by molar-refractivity contribution is 6.28. The fourth-order valence-electron chi connectivity index (χ4n) is 1.29. The molecule has 100 valence electrons. The standard InChI is InChI=1S/C10H7ClF3N5/c1-15-9-17-8(11)18-10(19-9)16-7-5(13)2-4(12)3-6(7)14/h2-3H,1H3,(H2,15,16,17,18,19). The SMILES string of the molecule is CNc1nc(Cl)nc(Nc2c(F)cc(F)cc2F)n1. The Morgan fingerprint density at radius 2 is 1.58 bits per heavy atom. The molecule has 0 spiro atoms. The number of aromatic nitrogens is 3. The van der Waals surface area contributed by atoms with Crippen LogP contribution in [0.5, 0.6) is 0 Å². The molecule has 0 amide bonds. The number of nitrogens with zero attached hydrogens (tertiary/aromatic N) is 3. The van der Waals surface area contributed by atoms with Crippen LogP contribution in [0.25, 0.3) is 0 Å². The molecule has 0 fully saturated rings. The van der Waals surface area contributed by atoms with Crippen molar-refractivity contribution in [1.82, 2.24) is 15.0 Å². The molecule has 0 unspecified atom stereocenters. The van der Waals surface area contributed by atoms with Gasteiger partial charge in [-0.25, -0.2) is 13.2 Å². The van der Waals surface area contributed by atoms with Gasteiger partial charge in [0, 0.05) is 19.2 Å². The van der Waals surface area contributed by atoms with Gasteiger partial charge in [0.15, 0.2) is 11.6 Å². The maximum absolute atomic E-state index is 13.4. The fourth-order valence-corrected chi connectivity index (χ4v) is 1.45. The van der Waals surface area contributed by atoms with E-state index in [1.165, 1.54) is 7.05 Å². The van der Waals surface area contributed by atoms with Gasteiger partial charge >= 0.3 is 0 Å². The summed E-state index contributed by atoms with van der Waals surface area (Å²) in [6, 6.07) is 1.07. The molecule has 0 aliphatic heterocycles. The first-order valence-electron chi connectivity index (χ1n) is 5.00. The van der Waals surface area contributed by atoms with Crippen LogP contribution in [0.15, 0.2) is 12.1 Å². The number of hydrogen-bond donors (Lipinski definition) is 2. The van der Waals surface area contributed by atoms with Gasteiger partial charge in [-0.1, -0.05) is 0 Å². The Hall–Kier alpha value is -2.09. The van der Waals surface area contributed by atoms with Gasteiger partial charge in [0.25, 0.3) is 0 Å². The summed E-state index contributed by atoms with van der Waals surface area (Å²) in [4.78, 5) is 11.1. The van der Waals surface area contributed by atoms with Crippen molar-refractivity contribution in [1.29, 1.82) is 0 Å². The van der Waals surface area contributed by atoms with Crippen molar-refractivity contribution >= 4 is 29.2 Å². The molecule has 0 aliphatic carbocycles. The van der Waals surface area contributed by atoms with E-state index in [1.54, 1.807) is 0 Å². The van der Waals surface area contributed by atoms with E-state index in [4.69, 9.17) is 11.6 Å². The lowest BCUT2D eigenvalue weighted by Gasteiger charge is -2.08. The molecule has 2 aromatic rings. The maximum Gasteiger partial charge on any atom is 0.233 e. The fraction of sp³-hybridized carbons (Fsp3) is 0.100. The van der Waals surface area contributed by atoms with Crippen molar-refractivity contribution in [2.75, 3.05) is 17.7 Å². The molecule has 0 saturated heterocycles. The van der Waals surface area contributed by atoms with Crippen LogP contribution >= 0.6 is 11.6 Å². The number of halogens is 4. The first-order valence-corrected chi connectivity index (χ1v) is 5.38. The molecule has 19 heavy (non-hydrogen) atoms. The van der Waals surface area contributed by atoms with Gasteiger partial charge in [0.05, 0.1) is 0 Å². The first kappa shape index (κ1) is 13.3. The van der Waals surface area contributed by atoms with E-state index < -0.39 is 23.1 Å². The van der Waals surface area contributed by atoms with Crippen molar-refractivity contribution in [3.05, 3.63) is 34.9 Å². The smallest absolute Gasteiger partial charge is 0.233 e. The van der Waals surface area contributed by atoms with Gasteiger partial charge in [-0.15, -0.1) is 0 Å². The summed E-state index contributed by atoms with van der Waals surface area (Å²) in [5.74, 6) is -3.30. The Kier molecular flexibility index (Phi) is 3.70. The minimum Gasteiger partial charge on any atom is -0.357 e. The molecule has 9 heteroatoms. The van der Waals surface area contributed by atoms with Gasteiger partial charge in [-0.05, 0) is 11.6 Å². The first-order chi connectivity index (χ1) is 8.99. The van der Waals surface area contributed by atoms with Crippen LogP contribution in [0.2, 0.25) is 5.28 Å². The summed E-state index contributed by atoms with van der Waals surface area (Å²) in [5, 5.41) is 4.72. The number of hydrogen-bond acceptors (Lipinski definition) is 5. The predicted octanol–water partition coefficient (Wildman–Crippen LogP) is 2.73. The maximum atomic E-state index is 13.4. The zero-order valence-corrected chi connectivity index (χ0v) is 10.3. The largest absolute Gasteiger partial charge is 0.357 e. The zero-order chi connectivity index (χ0) is 14.0. The minimum atomic E-state index is -1.11. The molecule has 0 atom stereocenters. The molecular formula is C10H7ClF3N5. The van der Waals surface area contributed by atoms with E-state index in [0.717, 1.165) is 0 Å². The van der Waals surface area contributed by atoms with Crippen molar-refractivity contribution in [3.63, 3.8) is 0 Å². The molecule has 2 rings (SSSR count). The second kappa shape index (κ2) is 5.27. The summed E-state index contributed by atoms with van der Waals surface area (Å²) < 4.78 is 39.6. The number of anilines is 3. The van der Waals surface area contributed by atoms with Gasteiger partial charge < -0.3 is 10.6 Å². The van der Waals surface area contributed by atoms with Crippen molar-refractivity contribution < 1.29 is 13.2 Å². The Labute approximate surface area is 110 Å². The average molecular weight is 290 g/mol. The summed E-state index contributed by atoms with van der Waals surface area (Å²) in [6.45, 7) is 0. The molecule has 0 bridgehead atoms. The Morgan fingerprint density at radius 3 is 2.16 bits per heavy atom. The Balaban J connectivity index is 2.39. The highest BCUT2D eigenvalue weighted by Crippen LogP contribution is 2.23. The molecule has 1 aromatic heterocycles. The molecular weight excluding hydrogens is 283 g/mol. The van der Waals surface area contributed by atoms with E-state index in [0.29, 0.717) is 12.1 Å². The predicted molar refractivity (Wildman–Crippen MR) is 64.0 cm³/mol. The van der Waals surface area contributed by atoms with Gasteiger partial charge in [-0.3, -0.25) is 0 Å².